The molecular weight excluding hydrogens is 392 g/mol. The molecule has 3 atom stereocenters. The second kappa shape index (κ2) is 9.29. The van der Waals surface area contributed by atoms with E-state index in [-0.39, 0.29) is 12.1 Å². The highest BCUT2D eigenvalue weighted by Crippen LogP contribution is 2.50. The van der Waals surface area contributed by atoms with Crippen LogP contribution in [-0.4, -0.2) is 46.5 Å². The Morgan fingerprint density at radius 1 is 1.13 bits per heavy atom. The monoisotopic (exact) mass is 424 g/mol. The largest absolute Gasteiger partial charge is 0.493 e. The maximum Gasteiger partial charge on any atom is 0.160 e. The van der Waals surface area contributed by atoms with Gasteiger partial charge in [0.05, 0.1) is 18.3 Å². The molecule has 0 bridgehead atoms. The van der Waals surface area contributed by atoms with E-state index in [0.29, 0.717) is 12.6 Å². The predicted molar refractivity (Wildman–Crippen MR) is 127 cm³/mol. The molecule has 1 aromatic carbocycles. The number of nitrogens with zero attached hydrogens (tertiary/aromatic N) is 4. The Morgan fingerprint density at radius 2 is 1.97 bits per heavy atom. The van der Waals surface area contributed by atoms with Gasteiger partial charge in [-0.25, -0.2) is 0 Å². The summed E-state index contributed by atoms with van der Waals surface area (Å²) in [5.74, 6) is 2.07. The van der Waals surface area contributed by atoms with Crippen LogP contribution in [0, 0.1) is 0 Å². The summed E-state index contributed by atoms with van der Waals surface area (Å²) in [6, 6.07) is 13.4. The fraction of sp³-hybridized carbons (Fsp3) is 0.500. The summed E-state index contributed by atoms with van der Waals surface area (Å²) in [5.41, 5.74) is 3.45. The molecule has 30 heavy (non-hydrogen) atoms. The summed E-state index contributed by atoms with van der Waals surface area (Å²) in [6.45, 7) is 11.3. The Kier molecular flexibility index (Phi) is 6.52. The minimum Gasteiger partial charge on any atom is -0.493 e. The lowest BCUT2D eigenvalue weighted by Crippen LogP contribution is -2.35. The number of ether oxygens (including phenoxy) is 1. The first-order valence-corrected chi connectivity index (χ1v) is 12.1. The van der Waals surface area contributed by atoms with Crippen LogP contribution in [0.5, 0.6) is 5.75 Å². The number of aromatic nitrogens is 1. The van der Waals surface area contributed by atoms with E-state index in [1.165, 1.54) is 11.3 Å². The Morgan fingerprint density at radius 3 is 2.63 bits per heavy atom. The SMILES string of the molecule is CCOc1cc(N(CC)CC)ccc1[C@@H]1[C@H](c2ccccn2)N=C2SC[C@@H](CC)N21. The van der Waals surface area contributed by atoms with Crippen molar-refractivity contribution in [3.05, 3.63) is 53.9 Å². The van der Waals surface area contributed by atoms with Gasteiger partial charge in [0.15, 0.2) is 5.17 Å². The number of rotatable bonds is 8. The van der Waals surface area contributed by atoms with Crippen molar-refractivity contribution in [2.75, 3.05) is 30.3 Å². The highest BCUT2D eigenvalue weighted by atomic mass is 32.2. The van der Waals surface area contributed by atoms with Crippen molar-refractivity contribution >= 4 is 22.6 Å². The molecule has 1 fully saturated rings. The number of amidine groups is 1. The maximum atomic E-state index is 6.20. The van der Waals surface area contributed by atoms with Crippen molar-refractivity contribution in [1.29, 1.82) is 0 Å². The molecule has 2 aliphatic rings. The molecule has 5 nitrogen and oxygen atoms in total. The second-order valence-corrected chi connectivity index (χ2v) is 8.65. The van der Waals surface area contributed by atoms with Crippen molar-refractivity contribution < 1.29 is 4.74 Å². The summed E-state index contributed by atoms with van der Waals surface area (Å²) in [6.07, 6.45) is 2.98. The van der Waals surface area contributed by atoms with E-state index < -0.39 is 0 Å². The average molecular weight is 425 g/mol. The van der Waals surface area contributed by atoms with Gasteiger partial charge in [-0.1, -0.05) is 30.8 Å². The number of thioether (sulfide) groups is 1. The van der Waals surface area contributed by atoms with Crippen LogP contribution in [0.25, 0.3) is 0 Å². The molecule has 1 aromatic heterocycles. The van der Waals surface area contributed by atoms with Crippen LogP contribution in [-0.2, 0) is 0 Å². The van der Waals surface area contributed by atoms with Crippen LogP contribution >= 0.6 is 11.8 Å². The first kappa shape index (κ1) is 21.0. The van der Waals surface area contributed by atoms with Crippen LogP contribution in [0.3, 0.4) is 0 Å². The number of pyridine rings is 1. The first-order chi connectivity index (χ1) is 14.7. The number of aliphatic imine (C=N–C) groups is 1. The lowest BCUT2D eigenvalue weighted by atomic mass is 9.94. The first-order valence-electron chi connectivity index (χ1n) is 11.1. The van der Waals surface area contributed by atoms with Gasteiger partial charge in [0.2, 0.25) is 0 Å². The van der Waals surface area contributed by atoms with E-state index in [1.54, 1.807) is 0 Å². The Balaban J connectivity index is 1.80. The lowest BCUT2D eigenvalue weighted by Gasteiger charge is -2.33. The van der Waals surface area contributed by atoms with Gasteiger partial charge in [0.25, 0.3) is 0 Å². The van der Waals surface area contributed by atoms with E-state index in [1.807, 2.05) is 24.0 Å². The highest BCUT2D eigenvalue weighted by molar-refractivity contribution is 8.14. The maximum absolute atomic E-state index is 6.20. The second-order valence-electron chi connectivity index (χ2n) is 7.66. The number of benzene rings is 1. The van der Waals surface area contributed by atoms with Gasteiger partial charge in [-0.15, -0.1) is 0 Å². The van der Waals surface area contributed by atoms with Gasteiger partial charge in [-0.3, -0.25) is 9.98 Å². The molecule has 1 saturated heterocycles. The van der Waals surface area contributed by atoms with Crippen LogP contribution in [0.2, 0.25) is 0 Å². The molecule has 0 amide bonds. The molecular formula is C24H32N4OS. The number of hydrogen-bond acceptors (Lipinski definition) is 6. The van der Waals surface area contributed by atoms with Gasteiger partial charge in [-0.05, 0) is 45.4 Å². The summed E-state index contributed by atoms with van der Waals surface area (Å²) < 4.78 is 6.20. The molecule has 2 aromatic rings. The molecule has 0 saturated carbocycles. The van der Waals surface area contributed by atoms with Gasteiger partial charge in [0.1, 0.15) is 11.8 Å². The number of fused-ring (bicyclic) bond motifs is 1. The third kappa shape index (κ3) is 3.78. The number of hydrogen-bond donors (Lipinski definition) is 0. The third-order valence-corrected chi connectivity index (χ3v) is 7.20. The van der Waals surface area contributed by atoms with Crippen molar-refractivity contribution in [3.63, 3.8) is 0 Å². The van der Waals surface area contributed by atoms with Gasteiger partial charge >= 0.3 is 0 Å². The molecule has 0 unspecified atom stereocenters. The Bertz CT molecular complexity index is 884. The van der Waals surface area contributed by atoms with Crippen molar-refractivity contribution in [3.8, 4) is 5.75 Å². The molecule has 2 aliphatic heterocycles. The normalized spacial score (nSPS) is 22.7. The number of anilines is 1. The van der Waals surface area contributed by atoms with Crippen molar-refractivity contribution in [1.82, 2.24) is 9.88 Å². The molecule has 160 valence electrons. The molecule has 4 rings (SSSR count). The molecule has 3 heterocycles. The van der Waals surface area contributed by atoms with Crippen molar-refractivity contribution in [2.45, 2.75) is 52.2 Å². The Labute approximate surface area is 184 Å². The lowest BCUT2D eigenvalue weighted by molar-refractivity contribution is 0.245. The van der Waals surface area contributed by atoms with E-state index in [9.17, 15) is 0 Å². The smallest absolute Gasteiger partial charge is 0.160 e. The minimum absolute atomic E-state index is 0.0124. The highest BCUT2D eigenvalue weighted by Gasteiger charge is 2.46. The molecule has 0 spiro atoms. The summed E-state index contributed by atoms with van der Waals surface area (Å²) in [7, 11) is 0. The third-order valence-electron chi connectivity index (χ3n) is 6.07. The standard InChI is InChI=1S/C24H32N4OS/c1-5-17-16-30-24-26-22(20-11-9-10-14-25-20)23(28(17)24)19-13-12-18(27(6-2)7-3)15-21(19)29-8-4/h9-15,17,22-23H,5-8,16H2,1-4H3/t17-,22+,23-/m1/s1. The van der Waals surface area contributed by atoms with E-state index >= 15 is 0 Å². The average Bonchev–Trinajstić information content (AvgIpc) is 3.35. The molecule has 0 N–H and O–H groups in total. The molecule has 6 heteroatoms. The van der Waals surface area contributed by atoms with E-state index in [2.05, 4.69) is 72.8 Å². The van der Waals surface area contributed by atoms with E-state index in [0.717, 1.165) is 41.9 Å². The van der Waals surface area contributed by atoms with Gasteiger partial charge in [0, 0.05) is 48.4 Å². The summed E-state index contributed by atoms with van der Waals surface area (Å²) in [5, 5.41) is 1.15. The Hall–Kier alpha value is -2.21. The van der Waals surface area contributed by atoms with Crippen LogP contribution in [0.4, 0.5) is 5.69 Å². The fourth-order valence-electron chi connectivity index (χ4n) is 4.52. The summed E-state index contributed by atoms with van der Waals surface area (Å²) in [4.78, 5) is 14.7. The quantitative estimate of drug-likeness (QED) is 0.575. The topological polar surface area (TPSA) is 41.0 Å². The predicted octanol–water partition coefficient (Wildman–Crippen LogP) is 5.31. The minimum atomic E-state index is -0.0124. The fourth-order valence-corrected chi connectivity index (χ4v) is 5.86. The van der Waals surface area contributed by atoms with Crippen LogP contribution in [0.1, 0.15) is 57.5 Å². The molecule has 0 radical (unpaired) electrons. The van der Waals surface area contributed by atoms with E-state index in [4.69, 9.17) is 9.73 Å². The zero-order chi connectivity index (χ0) is 21.1. The zero-order valence-corrected chi connectivity index (χ0v) is 19.2. The van der Waals surface area contributed by atoms with Gasteiger partial charge < -0.3 is 14.5 Å². The van der Waals surface area contributed by atoms with Crippen molar-refractivity contribution in [2.24, 2.45) is 4.99 Å². The summed E-state index contributed by atoms with van der Waals surface area (Å²) >= 11 is 1.88. The molecule has 0 aliphatic carbocycles. The van der Waals surface area contributed by atoms with Crippen LogP contribution < -0.4 is 9.64 Å². The van der Waals surface area contributed by atoms with Crippen LogP contribution in [0.15, 0.2) is 47.6 Å². The van der Waals surface area contributed by atoms with Gasteiger partial charge in [-0.2, -0.15) is 0 Å². The zero-order valence-electron chi connectivity index (χ0n) is 18.4.